The topological polar surface area (TPSA) is 52.6 Å². The number of hydrogen-bond acceptors (Lipinski definition) is 4. The van der Waals surface area contributed by atoms with Gasteiger partial charge in [0.15, 0.2) is 6.16 Å². The Bertz CT molecular complexity index is 254. The van der Waals surface area contributed by atoms with Gasteiger partial charge in [-0.3, -0.25) is 4.79 Å². The van der Waals surface area contributed by atoms with Crippen LogP contribution in [0.5, 0.6) is 0 Å². The second-order valence-corrected chi connectivity index (χ2v) is 4.27. The lowest BCUT2D eigenvalue weighted by atomic mass is 10.3. The van der Waals surface area contributed by atoms with Crippen molar-refractivity contribution in [3.63, 3.8) is 0 Å². The number of esters is 1. The summed E-state index contributed by atoms with van der Waals surface area (Å²) < 4.78 is 56.6. The highest BCUT2D eigenvalue weighted by molar-refractivity contribution is 7.39. The summed E-state index contributed by atoms with van der Waals surface area (Å²) in [7, 11) is -2.13. The molecule has 0 heterocycles. The third kappa shape index (κ3) is 6.74. The Kier molecular flexibility index (Phi) is 6.52. The zero-order valence-corrected chi connectivity index (χ0v) is 9.81. The number of hydrogen-bond donors (Lipinski definition) is 0. The summed E-state index contributed by atoms with van der Waals surface area (Å²) in [6.07, 6.45) is -7.71. The van der Waals surface area contributed by atoms with Gasteiger partial charge in [-0.25, -0.2) is 0 Å². The molecule has 0 N–H and O–H groups in total. The van der Waals surface area contributed by atoms with E-state index in [-0.39, 0.29) is 12.8 Å². The molecule has 94 valence electrons. The van der Waals surface area contributed by atoms with E-state index in [0.717, 1.165) is 6.92 Å². The van der Waals surface area contributed by atoms with E-state index in [9.17, 15) is 22.5 Å². The summed E-state index contributed by atoms with van der Waals surface area (Å²) >= 11 is 0. The molecule has 0 aliphatic heterocycles. The second-order valence-electron chi connectivity index (χ2n) is 2.90. The first-order valence-electron chi connectivity index (χ1n) is 4.58. The van der Waals surface area contributed by atoms with Gasteiger partial charge in [-0.2, -0.15) is 13.2 Å². The predicted molar refractivity (Wildman–Crippen MR) is 50.3 cm³/mol. The summed E-state index contributed by atoms with van der Waals surface area (Å²) in [6, 6.07) is 0. The van der Waals surface area contributed by atoms with Crippen LogP contribution >= 0.6 is 8.03 Å². The third-order valence-corrected chi connectivity index (χ3v) is 2.69. The van der Waals surface area contributed by atoms with Crippen molar-refractivity contribution in [1.29, 1.82) is 0 Å². The quantitative estimate of drug-likeness (QED) is 0.544. The lowest BCUT2D eigenvalue weighted by molar-refractivity contribution is -0.220. The van der Waals surface area contributed by atoms with Crippen LogP contribution in [0.2, 0.25) is 0 Å². The van der Waals surface area contributed by atoms with Crippen LogP contribution in [-0.2, 0) is 18.6 Å². The van der Waals surface area contributed by atoms with Crippen molar-refractivity contribution in [2.75, 3.05) is 12.8 Å². The van der Waals surface area contributed by atoms with Gasteiger partial charge in [-0.1, -0.05) is 0 Å². The van der Waals surface area contributed by atoms with Crippen molar-refractivity contribution in [2.45, 2.75) is 32.5 Å². The molecule has 0 aliphatic rings. The van der Waals surface area contributed by atoms with E-state index >= 15 is 0 Å². The van der Waals surface area contributed by atoms with Gasteiger partial charge in [0.2, 0.25) is 6.10 Å². The number of carbonyl (C=O) groups excluding carboxylic acids is 1. The van der Waals surface area contributed by atoms with E-state index < -0.39 is 32.7 Å². The van der Waals surface area contributed by atoms with E-state index in [1.807, 2.05) is 0 Å². The van der Waals surface area contributed by atoms with Crippen LogP contribution in [0.1, 0.15) is 20.3 Å². The Balaban J connectivity index is 4.23. The van der Waals surface area contributed by atoms with Crippen molar-refractivity contribution >= 4 is 14.0 Å². The molecule has 0 aromatic rings. The molecule has 0 radical (unpaired) electrons. The summed E-state index contributed by atoms with van der Waals surface area (Å²) in [4.78, 5) is 10.4. The lowest BCUT2D eigenvalue weighted by Crippen LogP contribution is -2.33. The van der Waals surface area contributed by atoms with Gasteiger partial charge in [0.1, 0.15) is 0 Å². The van der Waals surface area contributed by atoms with Gasteiger partial charge in [-0.15, -0.1) is 4.52 Å². The summed E-state index contributed by atoms with van der Waals surface area (Å²) in [5.74, 6) is -1.02. The van der Waals surface area contributed by atoms with E-state index in [2.05, 4.69) is 9.26 Å². The van der Waals surface area contributed by atoms with E-state index in [1.165, 1.54) is 0 Å². The molecular formula is C8H13F3O4P+. The molecule has 8 heteroatoms. The van der Waals surface area contributed by atoms with Crippen molar-refractivity contribution in [3.8, 4) is 0 Å². The minimum absolute atomic E-state index is 0.166. The maximum absolute atomic E-state index is 12.3. The number of carbonyl (C=O) groups is 1. The summed E-state index contributed by atoms with van der Waals surface area (Å²) in [5, 5.41) is 0. The van der Waals surface area contributed by atoms with Gasteiger partial charge < -0.3 is 4.74 Å². The lowest BCUT2D eigenvalue weighted by Gasteiger charge is -2.17. The highest BCUT2D eigenvalue weighted by Gasteiger charge is 2.43. The molecule has 0 rings (SSSR count). The third-order valence-electron chi connectivity index (χ3n) is 1.52. The first-order chi connectivity index (χ1) is 7.27. The average molecular weight is 261 g/mol. The minimum atomic E-state index is -4.64. The molecule has 0 saturated heterocycles. The maximum atomic E-state index is 12.3. The zero-order chi connectivity index (χ0) is 12.8. The number of ether oxygens (including phenoxy) is 1. The zero-order valence-electron chi connectivity index (χ0n) is 8.91. The highest BCUT2D eigenvalue weighted by atomic mass is 31.1. The molecule has 0 spiro atoms. The largest absolute Gasteiger partial charge is 0.508 e. The fourth-order valence-electron chi connectivity index (χ4n) is 0.921. The van der Waals surface area contributed by atoms with Gasteiger partial charge in [0.05, 0.1) is 6.61 Å². The molecular weight excluding hydrogens is 248 g/mol. The Morgan fingerprint density at radius 2 is 2.00 bits per heavy atom. The Hall–Kier alpha value is -0.680. The van der Waals surface area contributed by atoms with Crippen LogP contribution in [-0.4, -0.2) is 31.0 Å². The minimum Gasteiger partial charge on any atom is -0.453 e. The second kappa shape index (κ2) is 6.81. The van der Waals surface area contributed by atoms with Crippen LogP contribution in [0.3, 0.4) is 0 Å². The Morgan fingerprint density at radius 3 is 2.38 bits per heavy atom. The molecule has 0 aromatic heterocycles. The molecule has 0 amide bonds. The normalized spacial score (nSPS) is 14.4. The molecule has 16 heavy (non-hydrogen) atoms. The smallest absolute Gasteiger partial charge is 0.453 e. The molecule has 2 atom stereocenters. The van der Waals surface area contributed by atoms with Gasteiger partial charge >= 0.3 is 20.2 Å². The van der Waals surface area contributed by atoms with Gasteiger partial charge in [0, 0.05) is 13.3 Å². The SMILES string of the molecule is CCO[P+](=O)CCC(OC(C)=O)C(F)(F)F. The number of alkyl halides is 3. The molecule has 0 aromatic carbocycles. The number of rotatable bonds is 6. The predicted octanol–water partition coefficient (Wildman–Crippen LogP) is 2.65. The molecule has 0 fully saturated rings. The van der Waals surface area contributed by atoms with Crippen molar-refractivity contribution in [2.24, 2.45) is 0 Å². The Labute approximate surface area is 92.0 Å². The van der Waals surface area contributed by atoms with Crippen LogP contribution < -0.4 is 0 Å². The molecule has 0 aliphatic carbocycles. The van der Waals surface area contributed by atoms with Crippen LogP contribution in [0, 0.1) is 0 Å². The first-order valence-corrected chi connectivity index (χ1v) is 5.95. The average Bonchev–Trinajstić information content (AvgIpc) is 2.10. The maximum Gasteiger partial charge on any atom is 0.508 e. The van der Waals surface area contributed by atoms with E-state index in [0.29, 0.717) is 0 Å². The molecule has 4 nitrogen and oxygen atoms in total. The Morgan fingerprint density at radius 1 is 1.44 bits per heavy atom. The van der Waals surface area contributed by atoms with Crippen molar-refractivity contribution in [3.05, 3.63) is 0 Å². The van der Waals surface area contributed by atoms with E-state index in [1.54, 1.807) is 6.92 Å². The molecule has 0 bridgehead atoms. The van der Waals surface area contributed by atoms with Crippen LogP contribution in [0.4, 0.5) is 13.2 Å². The van der Waals surface area contributed by atoms with Crippen molar-refractivity contribution in [1.82, 2.24) is 0 Å². The highest BCUT2D eigenvalue weighted by Crippen LogP contribution is 2.30. The van der Waals surface area contributed by atoms with Crippen LogP contribution in [0.25, 0.3) is 0 Å². The standard InChI is InChI=1S/C8H13F3O4P/c1-3-14-16(13)5-4-7(8(9,10)11)15-6(2)12/h7H,3-5H2,1-2H3/q+1. The van der Waals surface area contributed by atoms with E-state index in [4.69, 9.17) is 0 Å². The summed E-state index contributed by atoms with van der Waals surface area (Å²) in [6.45, 7) is 2.64. The molecule has 0 saturated carbocycles. The van der Waals surface area contributed by atoms with Crippen molar-refractivity contribution < 1.29 is 31.8 Å². The van der Waals surface area contributed by atoms with Gasteiger partial charge in [0.25, 0.3) is 0 Å². The molecule has 2 unspecified atom stereocenters. The van der Waals surface area contributed by atoms with Gasteiger partial charge in [-0.05, 0) is 11.5 Å². The fraction of sp³-hybridized carbons (Fsp3) is 0.875. The van der Waals surface area contributed by atoms with Crippen LogP contribution in [0.15, 0.2) is 0 Å². The number of halogens is 3. The first kappa shape index (κ1) is 15.3. The monoisotopic (exact) mass is 261 g/mol. The summed E-state index contributed by atoms with van der Waals surface area (Å²) in [5.41, 5.74) is 0. The fourth-order valence-corrected chi connectivity index (χ4v) is 1.78.